The van der Waals surface area contributed by atoms with E-state index in [1.807, 2.05) is 24.2 Å². The summed E-state index contributed by atoms with van der Waals surface area (Å²) in [5.41, 5.74) is 0. The quantitative estimate of drug-likeness (QED) is 0.824. The molecule has 2 unspecified atom stereocenters. The fraction of sp³-hybridized carbons (Fsp3) is 0.700. The number of rotatable bonds is 3. The highest BCUT2D eigenvalue weighted by Crippen LogP contribution is 2.33. The molecule has 0 aromatic carbocycles. The number of nitrogens with one attached hydrogen (secondary N) is 1. The topological polar surface area (TPSA) is 29.9 Å². The second kappa shape index (κ2) is 4.36. The molecule has 1 aromatic heterocycles. The van der Waals surface area contributed by atoms with Gasteiger partial charge in [-0.1, -0.05) is 18.2 Å². The van der Waals surface area contributed by atoms with Gasteiger partial charge in [-0.2, -0.15) is 0 Å². The van der Waals surface area contributed by atoms with Crippen molar-refractivity contribution in [2.24, 2.45) is 7.05 Å². The van der Waals surface area contributed by atoms with E-state index in [1.165, 1.54) is 19.3 Å². The molecule has 1 aliphatic carbocycles. The van der Waals surface area contributed by atoms with Gasteiger partial charge in [0.25, 0.3) is 0 Å². The van der Waals surface area contributed by atoms with E-state index < -0.39 is 0 Å². The molecular weight excluding hydrogens is 194 g/mol. The number of aryl methyl sites for hydroxylation is 1. The summed E-state index contributed by atoms with van der Waals surface area (Å²) in [6.45, 7) is 0. The first kappa shape index (κ1) is 10.1. The zero-order valence-corrected chi connectivity index (χ0v) is 9.55. The number of imidazole rings is 1. The third-order valence-electron chi connectivity index (χ3n) is 2.86. The lowest BCUT2D eigenvalue weighted by Crippen LogP contribution is -2.30. The minimum absolute atomic E-state index is 0.664. The smallest absolute Gasteiger partial charge is 0.167 e. The van der Waals surface area contributed by atoms with E-state index in [2.05, 4.69) is 29.0 Å². The maximum Gasteiger partial charge on any atom is 0.167 e. The molecule has 1 heterocycles. The fourth-order valence-electron chi connectivity index (χ4n) is 2.00. The Labute approximate surface area is 89.3 Å². The van der Waals surface area contributed by atoms with Crippen LogP contribution in [0.15, 0.2) is 17.6 Å². The van der Waals surface area contributed by atoms with Crippen LogP contribution in [-0.2, 0) is 7.05 Å². The lowest BCUT2D eigenvalue weighted by molar-refractivity contribution is 0.590. The van der Waals surface area contributed by atoms with Gasteiger partial charge in [0.1, 0.15) is 0 Å². The molecular formula is C10H17N3S. The zero-order chi connectivity index (χ0) is 9.97. The minimum Gasteiger partial charge on any atom is -0.329 e. The average Bonchev–Trinajstić information content (AvgIpc) is 2.77. The van der Waals surface area contributed by atoms with Crippen LogP contribution in [0.25, 0.3) is 0 Å². The van der Waals surface area contributed by atoms with E-state index in [0.29, 0.717) is 11.3 Å². The number of hydrogen-bond donors (Lipinski definition) is 1. The van der Waals surface area contributed by atoms with Crippen molar-refractivity contribution in [1.29, 1.82) is 0 Å². The van der Waals surface area contributed by atoms with Crippen molar-refractivity contribution in [3.8, 4) is 0 Å². The van der Waals surface area contributed by atoms with Gasteiger partial charge in [0.05, 0.1) is 0 Å². The first-order valence-corrected chi connectivity index (χ1v) is 6.00. The van der Waals surface area contributed by atoms with Crippen LogP contribution in [0.4, 0.5) is 0 Å². The van der Waals surface area contributed by atoms with E-state index in [-0.39, 0.29) is 0 Å². The van der Waals surface area contributed by atoms with Gasteiger partial charge in [-0.3, -0.25) is 0 Å². The monoisotopic (exact) mass is 211 g/mol. The number of hydrogen-bond acceptors (Lipinski definition) is 3. The predicted molar refractivity (Wildman–Crippen MR) is 59.6 cm³/mol. The maximum absolute atomic E-state index is 4.35. The van der Waals surface area contributed by atoms with Crippen molar-refractivity contribution in [2.75, 3.05) is 7.05 Å². The molecule has 14 heavy (non-hydrogen) atoms. The van der Waals surface area contributed by atoms with E-state index in [1.54, 1.807) is 0 Å². The van der Waals surface area contributed by atoms with Gasteiger partial charge in [-0.05, 0) is 19.9 Å². The van der Waals surface area contributed by atoms with Crippen LogP contribution in [0.3, 0.4) is 0 Å². The molecule has 0 bridgehead atoms. The third kappa shape index (κ3) is 1.96. The van der Waals surface area contributed by atoms with Crippen molar-refractivity contribution in [2.45, 2.75) is 35.7 Å². The van der Waals surface area contributed by atoms with Crippen LogP contribution in [0.2, 0.25) is 0 Å². The Kier molecular flexibility index (Phi) is 3.13. The van der Waals surface area contributed by atoms with Gasteiger partial charge >= 0.3 is 0 Å². The van der Waals surface area contributed by atoms with Gasteiger partial charge in [0, 0.05) is 30.7 Å². The molecule has 3 nitrogen and oxygen atoms in total. The van der Waals surface area contributed by atoms with Gasteiger partial charge < -0.3 is 9.88 Å². The van der Waals surface area contributed by atoms with E-state index in [4.69, 9.17) is 0 Å². The normalized spacial score (nSPS) is 27.0. The van der Waals surface area contributed by atoms with Crippen molar-refractivity contribution >= 4 is 11.8 Å². The van der Waals surface area contributed by atoms with Crippen molar-refractivity contribution in [3.05, 3.63) is 12.4 Å². The molecule has 0 saturated heterocycles. The second-order valence-electron chi connectivity index (χ2n) is 3.80. The first-order valence-electron chi connectivity index (χ1n) is 5.12. The van der Waals surface area contributed by atoms with Crippen LogP contribution in [-0.4, -0.2) is 27.9 Å². The van der Waals surface area contributed by atoms with Crippen LogP contribution in [0.1, 0.15) is 19.3 Å². The Morgan fingerprint density at radius 1 is 1.57 bits per heavy atom. The van der Waals surface area contributed by atoms with E-state index >= 15 is 0 Å². The highest BCUT2D eigenvalue weighted by atomic mass is 32.2. The second-order valence-corrected chi connectivity index (χ2v) is 5.01. The lowest BCUT2D eigenvalue weighted by atomic mass is 10.2. The number of thioether (sulfide) groups is 1. The average molecular weight is 211 g/mol. The largest absolute Gasteiger partial charge is 0.329 e. The van der Waals surface area contributed by atoms with Crippen LogP contribution >= 0.6 is 11.8 Å². The lowest BCUT2D eigenvalue weighted by Gasteiger charge is -2.17. The summed E-state index contributed by atoms with van der Waals surface area (Å²) in [5, 5.41) is 5.22. The third-order valence-corrected chi connectivity index (χ3v) is 4.33. The van der Waals surface area contributed by atoms with Crippen LogP contribution in [0.5, 0.6) is 0 Å². The Morgan fingerprint density at radius 2 is 2.43 bits per heavy atom. The summed E-state index contributed by atoms with van der Waals surface area (Å²) in [7, 11) is 4.11. The Morgan fingerprint density at radius 3 is 3.07 bits per heavy atom. The first-order chi connectivity index (χ1) is 6.81. The van der Waals surface area contributed by atoms with E-state index in [0.717, 1.165) is 5.16 Å². The fourth-order valence-corrected chi connectivity index (χ4v) is 3.34. The molecule has 0 amide bonds. The van der Waals surface area contributed by atoms with Crippen LogP contribution in [0, 0.1) is 0 Å². The SMILES string of the molecule is CNC1CCCC1Sc1nccn1C. The summed E-state index contributed by atoms with van der Waals surface area (Å²) in [4.78, 5) is 4.35. The maximum atomic E-state index is 4.35. The Hall–Kier alpha value is -0.480. The number of aromatic nitrogens is 2. The highest BCUT2D eigenvalue weighted by molar-refractivity contribution is 7.99. The van der Waals surface area contributed by atoms with Gasteiger partial charge in [-0.15, -0.1) is 0 Å². The highest BCUT2D eigenvalue weighted by Gasteiger charge is 2.27. The Balaban J connectivity index is 2.00. The summed E-state index contributed by atoms with van der Waals surface area (Å²) >= 11 is 1.91. The predicted octanol–water partition coefficient (Wildman–Crippen LogP) is 1.65. The van der Waals surface area contributed by atoms with Crippen molar-refractivity contribution < 1.29 is 0 Å². The molecule has 2 rings (SSSR count). The molecule has 0 aliphatic heterocycles. The molecule has 1 aliphatic rings. The molecule has 1 N–H and O–H groups in total. The van der Waals surface area contributed by atoms with Crippen molar-refractivity contribution in [3.63, 3.8) is 0 Å². The summed E-state index contributed by atoms with van der Waals surface area (Å²) in [6.07, 6.45) is 7.83. The molecule has 0 spiro atoms. The summed E-state index contributed by atoms with van der Waals surface area (Å²) in [6, 6.07) is 0.664. The van der Waals surface area contributed by atoms with Crippen LogP contribution < -0.4 is 5.32 Å². The van der Waals surface area contributed by atoms with Gasteiger partial charge in [0.15, 0.2) is 5.16 Å². The molecule has 1 aromatic rings. The summed E-state index contributed by atoms with van der Waals surface area (Å²) in [5.74, 6) is 0. The van der Waals surface area contributed by atoms with Gasteiger partial charge in [-0.25, -0.2) is 4.98 Å². The molecule has 2 atom stereocenters. The number of nitrogens with zero attached hydrogens (tertiary/aromatic N) is 2. The molecule has 78 valence electrons. The minimum atomic E-state index is 0.664. The molecule has 4 heteroatoms. The molecule has 1 saturated carbocycles. The molecule has 1 fully saturated rings. The molecule has 0 radical (unpaired) electrons. The summed E-state index contributed by atoms with van der Waals surface area (Å²) < 4.78 is 2.09. The standard InChI is InChI=1S/C10H17N3S/c1-11-8-4-3-5-9(8)14-10-12-6-7-13(10)2/h6-9,11H,3-5H2,1-2H3. The van der Waals surface area contributed by atoms with Gasteiger partial charge in [0.2, 0.25) is 0 Å². The zero-order valence-electron chi connectivity index (χ0n) is 8.73. The Bertz CT molecular complexity index is 297. The van der Waals surface area contributed by atoms with Crippen molar-refractivity contribution in [1.82, 2.24) is 14.9 Å². The van der Waals surface area contributed by atoms with E-state index in [9.17, 15) is 0 Å².